The van der Waals surface area contributed by atoms with Gasteiger partial charge in [0.2, 0.25) is 0 Å². The molecular weight excluding hydrogens is 342 g/mol. The van der Waals surface area contributed by atoms with Crippen LogP contribution in [-0.2, 0) is 13.1 Å². The summed E-state index contributed by atoms with van der Waals surface area (Å²) < 4.78 is 32.1. The number of aromatic hydroxyl groups is 1. The number of furan rings is 1. The van der Waals surface area contributed by atoms with Crippen LogP contribution in [0.15, 0.2) is 65.3 Å². The first-order chi connectivity index (χ1) is 12.5. The number of benzene rings is 2. The number of halogens is 2. The van der Waals surface area contributed by atoms with E-state index in [0.717, 1.165) is 17.7 Å². The molecule has 1 heterocycles. The van der Waals surface area contributed by atoms with Crippen LogP contribution < -0.4 is 5.32 Å². The van der Waals surface area contributed by atoms with Gasteiger partial charge in [-0.15, -0.1) is 0 Å². The summed E-state index contributed by atoms with van der Waals surface area (Å²) in [6.45, 7) is 0.359. The molecule has 1 aromatic heterocycles. The Balaban J connectivity index is 1.79. The van der Waals surface area contributed by atoms with Crippen molar-refractivity contribution in [3.05, 3.63) is 83.8 Å². The summed E-state index contributed by atoms with van der Waals surface area (Å²) in [6, 6.07) is 12.2. The van der Waals surface area contributed by atoms with E-state index in [4.69, 9.17) is 4.42 Å². The molecule has 2 amide bonds. The zero-order chi connectivity index (χ0) is 18.5. The maximum atomic E-state index is 13.8. The Labute approximate surface area is 148 Å². The monoisotopic (exact) mass is 358 g/mol. The standard InChI is InChI=1S/C19H16F2N2O3/c20-14-5-8-18(17(21)10-14)22-19(25)23(12-16-2-1-9-26-16)11-13-3-6-15(24)7-4-13/h1-10,24H,11-12H2,(H,22,25). The van der Waals surface area contributed by atoms with Crippen LogP contribution in [0.25, 0.3) is 0 Å². The summed E-state index contributed by atoms with van der Waals surface area (Å²) >= 11 is 0. The second-order valence-electron chi connectivity index (χ2n) is 5.66. The molecule has 2 aromatic carbocycles. The Morgan fingerprint density at radius 3 is 2.50 bits per heavy atom. The van der Waals surface area contributed by atoms with Gasteiger partial charge in [-0.3, -0.25) is 0 Å². The molecule has 7 heteroatoms. The number of rotatable bonds is 5. The fourth-order valence-corrected chi connectivity index (χ4v) is 2.40. The summed E-state index contributed by atoms with van der Waals surface area (Å²) in [7, 11) is 0. The molecule has 0 aliphatic carbocycles. The molecule has 0 aliphatic heterocycles. The number of hydrogen-bond donors (Lipinski definition) is 2. The van der Waals surface area contributed by atoms with E-state index in [2.05, 4.69) is 5.32 Å². The highest BCUT2D eigenvalue weighted by Crippen LogP contribution is 2.18. The Bertz CT molecular complexity index is 880. The minimum atomic E-state index is -0.860. The Hall–Kier alpha value is -3.35. The number of anilines is 1. The van der Waals surface area contributed by atoms with Gasteiger partial charge in [0.15, 0.2) is 0 Å². The van der Waals surface area contributed by atoms with E-state index in [-0.39, 0.29) is 24.5 Å². The third-order valence-corrected chi connectivity index (χ3v) is 3.70. The molecule has 3 rings (SSSR count). The van der Waals surface area contributed by atoms with Crippen molar-refractivity contribution in [2.24, 2.45) is 0 Å². The van der Waals surface area contributed by atoms with E-state index in [9.17, 15) is 18.7 Å². The molecule has 0 spiro atoms. The fraction of sp³-hybridized carbons (Fsp3) is 0.105. The van der Waals surface area contributed by atoms with Crippen molar-refractivity contribution in [1.82, 2.24) is 4.90 Å². The molecule has 134 valence electrons. The highest BCUT2D eigenvalue weighted by Gasteiger charge is 2.18. The van der Waals surface area contributed by atoms with E-state index in [1.165, 1.54) is 23.3 Å². The lowest BCUT2D eigenvalue weighted by atomic mass is 10.2. The van der Waals surface area contributed by atoms with Gasteiger partial charge in [-0.05, 0) is 42.0 Å². The summed E-state index contributed by atoms with van der Waals surface area (Å²) in [6.07, 6.45) is 1.49. The smallest absolute Gasteiger partial charge is 0.322 e. The van der Waals surface area contributed by atoms with Crippen molar-refractivity contribution in [2.75, 3.05) is 5.32 Å². The summed E-state index contributed by atoms with van der Waals surface area (Å²) in [5.41, 5.74) is 0.649. The lowest BCUT2D eigenvalue weighted by Crippen LogP contribution is -2.34. The number of carbonyl (C=O) groups excluding carboxylic acids is 1. The van der Waals surface area contributed by atoms with E-state index >= 15 is 0 Å². The van der Waals surface area contributed by atoms with Crippen molar-refractivity contribution in [2.45, 2.75) is 13.1 Å². The Kier molecular flexibility index (Phi) is 5.17. The van der Waals surface area contributed by atoms with Crippen LogP contribution >= 0.6 is 0 Å². The zero-order valence-electron chi connectivity index (χ0n) is 13.7. The summed E-state index contributed by atoms with van der Waals surface area (Å²) in [4.78, 5) is 14.0. The number of nitrogens with zero attached hydrogens (tertiary/aromatic N) is 1. The topological polar surface area (TPSA) is 65.7 Å². The zero-order valence-corrected chi connectivity index (χ0v) is 13.7. The number of carbonyl (C=O) groups is 1. The Morgan fingerprint density at radius 1 is 1.08 bits per heavy atom. The third kappa shape index (κ3) is 4.38. The van der Waals surface area contributed by atoms with Gasteiger partial charge in [-0.1, -0.05) is 12.1 Å². The van der Waals surface area contributed by atoms with Crippen LogP contribution in [0.3, 0.4) is 0 Å². The van der Waals surface area contributed by atoms with Crippen LogP contribution in [-0.4, -0.2) is 16.0 Å². The van der Waals surface area contributed by atoms with E-state index in [1.807, 2.05) is 0 Å². The van der Waals surface area contributed by atoms with Crippen LogP contribution in [0, 0.1) is 11.6 Å². The molecule has 0 radical (unpaired) electrons. The molecule has 0 fully saturated rings. The van der Waals surface area contributed by atoms with Crippen LogP contribution in [0.5, 0.6) is 5.75 Å². The van der Waals surface area contributed by atoms with Crippen molar-refractivity contribution in [1.29, 1.82) is 0 Å². The molecule has 0 unspecified atom stereocenters. The lowest BCUT2D eigenvalue weighted by Gasteiger charge is -2.22. The molecule has 0 atom stereocenters. The second-order valence-corrected chi connectivity index (χ2v) is 5.66. The molecule has 0 saturated heterocycles. The molecule has 2 N–H and O–H groups in total. The third-order valence-electron chi connectivity index (χ3n) is 3.70. The van der Waals surface area contributed by atoms with Gasteiger partial charge in [0, 0.05) is 12.6 Å². The maximum absolute atomic E-state index is 13.8. The number of phenols is 1. The van der Waals surface area contributed by atoms with Crippen molar-refractivity contribution in [3.63, 3.8) is 0 Å². The average molecular weight is 358 g/mol. The first kappa shape index (κ1) is 17.5. The number of nitrogens with one attached hydrogen (secondary N) is 1. The van der Waals surface area contributed by atoms with Crippen molar-refractivity contribution in [3.8, 4) is 5.75 Å². The van der Waals surface area contributed by atoms with Crippen molar-refractivity contribution < 1.29 is 23.1 Å². The van der Waals surface area contributed by atoms with Gasteiger partial charge >= 0.3 is 6.03 Å². The van der Waals surface area contributed by atoms with Crippen LogP contribution in [0.1, 0.15) is 11.3 Å². The first-order valence-electron chi connectivity index (χ1n) is 7.82. The normalized spacial score (nSPS) is 10.5. The molecule has 0 bridgehead atoms. The Morgan fingerprint density at radius 2 is 1.85 bits per heavy atom. The maximum Gasteiger partial charge on any atom is 0.322 e. The number of phenolic OH excluding ortho intramolecular Hbond substituents is 1. The quantitative estimate of drug-likeness (QED) is 0.706. The highest BCUT2D eigenvalue weighted by molar-refractivity contribution is 5.89. The SMILES string of the molecule is O=C(Nc1ccc(F)cc1F)N(Cc1ccc(O)cc1)Cc1ccco1. The van der Waals surface area contributed by atoms with Gasteiger partial charge in [-0.2, -0.15) is 0 Å². The largest absolute Gasteiger partial charge is 0.508 e. The van der Waals surface area contributed by atoms with Gasteiger partial charge in [0.25, 0.3) is 0 Å². The first-order valence-corrected chi connectivity index (χ1v) is 7.82. The summed E-state index contributed by atoms with van der Waals surface area (Å²) in [5.74, 6) is -0.916. The average Bonchev–Trinajstić information content (AvgIpc) is 3.12. The predicted octanol–water partition coefficient (Wildman–Crippen LogP) is 4.50. The molecule has 26 heavy (non-hydrogen) atoms. The van der Waals surface area contributed by atoms with E-state index < -0.39 is 17.7 Å². The van der Waals surface area contributed by atoms with E-state index in [1.54, 1.807) is 24.3 Å². The minimum absolute atomic E-state index is 0.115. The van der Waals surface area contributed by atoms with Gasteiger partial charge in [0.05, 0.1) is 18.5 Å². The van der Waals surface area contributed by atoms with E-state index in [0.29, 0.717) is 11.8 Å². The molecule has 0 saturated carbocycles. The highest BCUT2D eigenvalue weighted by atomic mass is 19.1. The van der Waals surface area contributed by atoms with Crippen LogP contribution in [0.4, 0.5) is 19.3 Å². The summed E-state index contributed by atoms with van der Waals surface area (Å²) in [5, 5.41) is 11.8. The molecular formula is C19H16F2N2O3. The number of hydrogen-bond acceptors (Lipinski definition) is 3. The molecule has 0 aliphatic rings. The van der Waals surface area contributed by atoms with Gasteiger partial charge in [-0.25, -0.2) is 13.6 Å². The number of urea groups is 1. The van der Waals surface area contributed by atoms with Gasteiger partial charge in [0.1, 0.15) is 23.1 Å². The molecule has 3 aromatic rings. The van der Waals surface area contributed by atoms with Gasteiger partial charge < -0.3 is 19.7 Å². The number of amides is 2. The van der Waals surface area contributed by atoms with Crippen molar-refractivity contribution >= 4 is 11.7 Å². The molecule has 5 nitrogen and oxygen atoms in total. The fourth-order valence-electron chi connectivity index (χ4n) is 2.40. The minimum Gasteiger partial charge on any atom is -0.508 e. The van der Waals surface area contributed by atoms with Crippen LogP contribution in [0.2, 0.25) is 0 Å². The lowest BCUT2D eigenvalue weighted by molar-refractivity contribution is 0.201. The second kappa shape index (κ2) is 7.69. The predicted molar refractivity (Wildman–Crippen MR) is 91.4 cm³/mol.